The van der Waals surface area contributed by atoms with Gasteiger partial charge in [-0.2, -0.15) is 4.72 Å². The zero-order valence-corrected chi connectivity index (χ0v) is 14.4. The van der Waals surface area contributed by atoms with Crippen LogP contribution in [-0.2, 0) is 17.1 Å². The second-order valence-electron chi connectivity index (χ2n) is 5.67. The molecule has 3 aromatic rings. The van der Waals surface area contributed by atoms with Crippen molar-refractivity contribution in [2.24, 2.45) is 7.05 Å². The third kappa shape index (κ3) is 3.39. The second kappa shape index (κ2) is 6.59. The van der Waals surface area contributed by atoms with Gasteiger partial charge in [0.1, 0.15) is 11.9 Å². The van der Waals surface area contributed by atoms with E-state index >= 15 is 0 Å². The van der Waals surface area contributed by atoms with Crippen molar-refractivity contribution in [3.63, 3.8) is 0 Å². The normalized spacial score (nSPS) is 12.9. The highest BCUT2D eigenvalue weighted by molar-refractivity contribution is 7.89. The Hall–Kier alpha value is -2.44. The highest BCUT2D eigenvalue weighted by Gasteiger charge is 2.25. The number of imidazole rings is 1. The second-order valence-corrected chi connectivity index (χ2v) is 7.39. The predicted molar refractivity (Wildman–Crippen MR) is 93.0 cm³/mol. The largest absolute Gasteiger partial charge is 0.336 e. The maximum Gasteiger partial charge on any atom is 0.241 e. The predicted octanol–water partition coefficient (Wildman–Crippen LogP) is 2.80. The molecule has 0 aliphatic rings. The quantitative estimate of drug-likeness (QED) is 0.776. The molecule has 5 nitrogen and oxygen atoms in total. The summed E-state index contributed by atoms with van der Waals surface area (Å²) in [5.41, 5.74) is 1.96. The molecule has 2 aromatic carbocycles. The minimum absolute atomic E-state index is 0.233. The van der Waals surface area contributed by atoms with Gasteiger partial charge in [0.15, 0.2) is 0 Å². The summed E-state index contributed by atoms with van der Waals surface area (Å²) < 4.78 is 30.1. The minimum atomic E-state index is -3.66. The fourth-order valence-corrected chi connectivity index (χ4v) is 3.71. The average molecular weight is 341 g/mol. The van der Waals surface area contributed by atoms with E-state index in [1.807, 2.05) is 42.8 Å². The van der Waals surface area contributed by atoms with Gasteiger partial charge in [-0.25, -0.2) is 13.4 Å². The van der Waals surface area contributed by atoms with E-state index in [0.717, 1.165) is 11.1 Å². The van der Waals surface area contributed by atoms with Crippen LogP contribution in [0.3, 0.4) is 0 Å². The minimum Gasteiger partial charge on any atom is -0.336 e. The Kier molecular flexibility index (Phi) is 4.51. The highest BCUT2D eigenvalue weighted by atomic mass is 32.2. The molecule has 1 unspecified atom stereocenters. The average Bonchev–Trinajstić information content (AvgIpc) is 3.00. The molecule has 0 saturated heterocycles. The van der Waals surface area contributed by atoms with Crippen LogP contribution in [0.5, 0.6) is 0 Å². The molecule has 0 bridgehead atoms. The van der Waals surface area contributed by atoms with E-state index in [2.05, 4.69) is 9.71 Å². The van der Waals surface area contributed by atoms with E-state index in [0.29, 0.717) is 5.82 Å². The van der Waals surface area contributed by atoms with Gasteiger partial charge in [-0.1, -0.05) is 48.0 Å². The van der Waals surface area contributed by atoms with Crippen molar-refractivity contribution in [1.29, 1.82) is 0 Å². The first kappa shape index (κ1) is 16.4. The Morgan fingerprint density at radius 2 is 1.71 bits per heavy atom. The highest BCUT2D eigenvalue weighted by Crippen LogP contribution is 2.23. The summed E-state index contributed by atoms with van der Waals surface area (Å²) in [6.07, 6.45) is 3.46. The first-order chi connectivity index (χ1) is 11.5. The molecule has 24 heavy (non-hydrogen) atoms. The van der Waals surface area contributed by atoms with Crippen LogP contribution in [0.2, 0.25) is 0 Å². The standard InChI is InChI=1S/C18H19N3O2S/c1-14-8-10-15(11-9-14)17(18-19-12-13-21(18)2)20-24(22,23)16-6-4-3-5-7-16/h3-13,17,20H,1-2H3. The van der Waals surface area contributed by atoms with Gasteiger partial charge in [0.2, 0.25) is 10.0 Å². The molecule has 0 aliphatic heterocycles. The fourth-order valence-electron chi connectivity index (χ4n) is 2.51. The Balaban J connectivity index is 2.03. The number of hydrogen-bond donors (Lipinski definition) is 1. The number of benzene rings is 2. The first-order valence-electron chi connectivity index (χ1n) is 7.58. The molecular weight excluding hydrogens is 322 g/mol. The lowest BCUT2D eigenvalue weighted by atomic mass is 10.1. The topological polar surface area (TPSA) is 64.0 Å². The zero-order chi connectivity index (χ0) is 17.2. The molecule has 124 valence electrons. The van der Waals surface area contributed by atoms with Crippen LogP contribution in [0, 0.1) is 6.92 Å². The van der Waals surface area contributed by atoms with Gasteiger partial charge in [-0.3, -0.25) is 0 Å². The number of hydrogen-bond acceptors (Lipinski definition) is 3. The third-order valence-corrected chi connectivity index (χ3v) is 5.29. The summed E-state index contributed by atoms with van der Waals surface area (Å²) in [5.74, 6) is 0.637. The number of sulfonamides is 1. The van der Waals surface area contributed by atoms with Crippen molar-refractivity contribution in [3.05, 3.63) is 83.9 Å². The Labute approximate surface area is 142 Å². The van der Waals surface area contributed by atoms with Crippen molar-refractivity contribution in [2.45, 2.75) is 17.9 Å². The fraction of sp³-hybridized carbons (Fsp3) is 0.167. The summed E-state index contributed by atoms with van der Waals surface area (Å²) in [6, 6.07) is 15.5. The Morgan fingerprint density at radius 3 is 2.29 bits per heavy atom. The Morgan fingerprint density at radius 1 is 1.04 bits per heavy atom. The lowest BCUT2D eigenvalue weighted by Gasteiger charge is -2.19. The van der Waals surface area contributed by atoms with Crippen molar-refractivity contribution in [2.75, 3.05) is 0 Å². The smallest absolute Gasteiger partial charge is 0.241 e. The van der Waals surface area contributed by atoms with E-state index in [1.54, 1.807) is 42.7 Å². The molecule has 1 atom stereocenters. The van der Waals surface area contributed by atoms with Crippen LogP contribution in [0.15, 0.2) is 71.9 Å². The van der Waals surface area contributed by atoms with Crippen molar-refractivity contribution < 1.29 is 8.42 Å². The van der Waals surface area contributed by atoms with E-state index in [1.165, 1.54) is 0 Å². The van der Waals surface area contributed by atoms with Gasteiger partial charge >= 0.3 is 0 Å². The molecular formula is C18H19N3O2S. The summed E-state index contributed by atoms with van der Waals surface area (Å²) in [6.45, 7) is 1.99. The zero-order valence-electron chi connectivity index (χ0n) is 13.5. The van der Waals surface area contributed by atoms with Crippen LogP contribution in [0.25, 0.3) is 0 Å². The summed E-state index contributed by atoms with van der Waals surface area (Å²) in [7, 11) is -1.82. The molecule has 0 radical (unpaired) electrons. The van der Waals surface area contributed by atoms with Gasteiger partial charge < -0.3 is 4.57 Å². The maximum absolute atomic E-state index is 12.7. The molecule has 0 spiro atoms. The monoisotopic (exact) mass is 341 g/mol. The lowest BCUT2D eigenvalue weighted by Crippen LogP contribution is -2.31. The maximum atomic E-state index is 12.7. The van der Waals surface area contributed by atoms with Crippen LogP contribution in [-0.4, -0.2) is 18.0 Å². The van der Waals surface area contributed by atoms with Crippen LogP contribution >= 0.6 is 0 Å². The third-order valence-electron chi connectivity index (χ3n) is 3.85. The van der Waals surface area contributed by atoms with E-state index in [4.69, 9.17) is 0 Å². The number of aromatic nitrogens is 2. The molecule has 6 heteroatoms. The van der Waals surface area contributed by atoms with E-state index in [-0.39, 0.29) is 4.90 Å². The molecule has 1 heterocycles. The number of aryl methyl sites for hydroxylation is 2. The summed E-state index contributed by atoms with van der Waals surface area (Å²) in [4.78, 5) is 4.56. The number of nitrogens with one attached hydrogen (secondary N) is 1. The van der Waals surface area contributed by atoms with Crippen LogP contribution < -0.4 is 4.72 Å². The molecule has 0 fully saturated rings. The first-order valence-corrected chi connectivity index (χ1v) is 9.07. The van der Waals surface area contributed by atoms with Crippen molar-refractivity contribution in [1.82, 2.24) is 14.3 Å². The molecule has 3 rings (SSSR count). The van der Waals surface area contributed by atoms with Gasteiger partial charge in [0.25, 0.3) is 0 Å². The summed E-state index contributed by atoms with van der Waals surface area (Å²) >= 11 is 0. The van der Waals surface area contributed by atoms with E-state index < -0.39 is 16.1 Å². The molecule has 0 amide bonds. The van der Waals surface area contributed by atoms with Gasteiger partial charge in [-0.15, -0.1) is 0 Å². The SMILES string of the molecule is Cc1ccc(C(NS(=O)(=O)c2ccccc2)c2nccn2C)cc1. The van der Waals surface area contributed by atoms with E-state index in [9.17, 15) is 8.42 Å². The number of rotatable bonds is 5. The van der Waals surface area contributed by atoms with Gasteiger partial charge in [-0.05, 0) is 24.6 Å². The van der Waals surface area contributed by atoms with Crippen LogP contribution in [0.4, 0.5) is 0 Å². The van der Waals surface area contributed by atoms with Gasteiger partial charge in [0, 0.05) is 19.4 Å². The molecule has 0 aliphatic carbocycles. The molecule has 1 aromatic heterocycles. The lowest BCUT2D eigenvalue weighted by molar-refractivity contribution is 0.563. The summed E-state index contributed by atoms with van der Waals surface area (Å²) in [5, 5.41) is 0. The van der Waals surface area contributed by atoms with Crippen molar-refractivity contribution in [3.8, 4) is 0 Å². The van der Waals surface area contributed by atoms with Crippen molar-refractivity contribution >= 4 is 10.0 Å². The van der Waals surface area contributed by atoms with Gasteiger partial charge in [0.05, 0.1) is 4.90 Å². The number of nitrogens with zero attached hydrogens (tertiary/aromatic N) is 2. The van der Waals surface area contributed by atoms with Crippen LogP contribution in [0.1, 0.15) is 23.0 Å². The molecule has 1 N–H and O–H groups in total. The Bertz CT molecular complexity index is 916. The molecule has 0 saturated carbocycles.